The number of hydrogen-bond acceptors (Lipinski definition) is 6. The first-order valence-corrected chi connectivity index (χ1v) is 9.89. The number of carbonyl (C=O) groups is 1. The molecule has 1 fully saturated rings. The van der Waals surface area contributed by atoms with Gasteiger partial charge in [-0.25, -0.2) is 0 Å². The molecule has 2 aromatic rings. The molecule has 1 aliphatic carbocycles. The molecule has 2 heterocycles. The van der Waals surface area contributed by atoms with Crippen molar-refractivity contribution >= 4 is 5.97 Å². The van der Waals surface area contributed by atoms with Crippen LogP contribution in [-0.2, 0) is 23.2 Å². The fourth-order valence-corrected chi connectivity index (χ4v) is 3.69. The number of aromatic nitrogens is 3. The zero-order valence-corrected chi connectivity index (χ0v) is 16.8. The highest BCUT2D eigenvalue weighted by Gasteiger charge is 2.29. The van der Waals surface area contributed by atoms with Crippen molar-refractivity contribution in [1.82, 2.24) is 14.8 Å². The number of pyridine rings is 1. The number of carbonyl (C=O) groups excluding carboxylic acids is 1. The van der Waals surface area contributed by atoms with Crippen LogP contribution in [-0.4, -0.2) is 38.6 Å². The van der Waals surface area contributed by atoms with Gasteiger partial charge in [-0.15, -0.1) is 0 Å². The van der Waals surface area contributed by atoms with Crippen LogP contribution in [0, 0.1) is 11.8 Å². The van der Waals surface area contributed by atoms with Gasteiger partial charge in [0.15, 0.2) is 0 Å². The van der Waals surface area contributed by atoms with Crippen LogP contribution in [0.1, 0.15) is 45.2 Å². The van der Waals surface area contributed by atoms with Gasteiger partial charge >= 0.3 is 5.97 Å². The fraction of sp³-hybridized carbons (Fsp3) is 0.571. The van der Waals surface area contributed by atoms with Gasteiger partial charge in [-0.3, -0.25) is 14.5 Å². The number of rotatable bonds is 7. The average Bonchev–Trinajstić information content (AvgIpc) is 3.07. The standard InChI is InChI=1S/C21H29N3O4/c1-14(2)28-21(26)16-6-4-5-15(9-16)13-27-17-7-8-19(22-10-17)18-11-23-24(3)20(18)12-25/h7-8,10-11,14-16,25H,4-6,9,12-13H2,1-3H3/t15?,16-/m0/s1. The maximum atomic E-state index is 12.2. The first-order chi connectivity index (χ1) is 13.5. The van der Waals surface area contributed by atoms with Crippen molar-refractivity contribution in [1.29, 1.82) is 0 Å². The van der Waals surface area contributed by atoms with Crippen LogP contribution in [0.3, 0.4) is 0 Å². The van der Waals surface area contributed by atoms with Gasteiger partial charge in [-0.1, -0.05) is 6.42 Å². The van der Waals surface area contributed by atoms with E-state index in [1.807, 2.05) is 26.0 Å². The number of aliphatic hydroxyl groups is 1. The summed E-state index contributed by atoms with van der Waals surface area (Å²) in [4.78, 5) is 16.6. The second-order valence-electron chi connectivity index (χ2n) is 7.69. The Balaban J connectivity index is 1.55. The average molecular weight is 387 g/mol. The summed E-state index contributed by atoms with van der Waals surface area (Å²) in [5.41, 5.74) is 2.29. The van der Waals surface area contributed by atoms with Crippen LogP contribution < -0.4 is 4.74 Å². The molecule has 0 spiro atoms. The van der Waals surface area contributed by atoms with Gasteiger partial charge in [0.2, 0.25) is 0 Å². The first kappa shape index (κ1) is 20.3. The van der Waals surface area contributed by atoms with E-state index >= 15 is 0 Å². The van der Waals surface area contributed by atoms with Gasteiger partial charge in [0.1, 0.15) is 5.75 Å². The molecule has 1 aliphatic rings. The number of nitrogens with zero attached hydrogens (tertiary/aromatic N) is 3. The molecule has 1 unspecified atom stereocenters. The third-order valence-electron chi connectivity index (χ3n) is 5.18. The Hall–Kier alpha value is -2.41. The van der Waals surface area contributed by atoms with E-state index in [1.54, 1.807) is 24.1 Å². The number of ether oxygens (including phenoxy) is 2. The van der Waals surface area contributed by atoms with Gasteiger partial charge in [-0.2, -0.15) is 5.10 Å². The summed E-state index contributed by atoms with van der Waals surface area (Å²) >= 11 is 0. The molecule has 0 aromatic carbocycles. The molecular weight excluding hydrogens is 358 g/mol. The summed E-state index contributed by atoms with van der Waals surface area (Å²) in [6.45, 7) is 4.25. The Labute approximate surface area is 165 Å². The minimum absolute atomic E-state index is 0.0206. The van der Waals surface area contributed by atoms with E-state index in [9.17, 15) is 9.90 Å². The molecule has 0 bridgehead atoms. The zero-order valence-electron chi connectivity index (χ0n) is 16.8. The van der Waals surface area contributed by atoms with E-state index in [0.29, 0.717) is 18.3 Å². The Morgan fingerprint density at radius 1 is 1.32 bits per heavy atom. The largest absolute Gasteiger partial charge is 0.492 e. The number of esters is 1. The van der Waals surface area contributed by atoms with Crippen molar-refractivity contribution < 1.29 is 19.4 Å². The number of aryl methyl sites for hydroxylation is 1. The Morgan fingerprint density at radius 3 is 2.82 bits per heavy atom. The Morgan fingerprint density at radius 2 is 2.14 bits per heavy atom. The first-order valence-electron chi connectivity index (χ1n) is 9.89. The van der Waals surface area contributed by atoms with Crippen molar-refractivity contribution in [2.24, 2.45) is 18.9 Å². The van der Waals surface area contributed by atoms with Crippen molar-refractivity contribution in [2.75, 3.05) is 6.61 Å². The van der Waals surface area contributed by atoms with Crippen LogP contribution in [0.5, 0.6) is 5.75 Å². The Kier molecular flexibility index (Phi) is 6.67. The summed E-state index contributed by atoms with van der Waals surface area (Å²) < 4.78 is 12.9. The van der Waals surface area contributed by atoms with E-state index in [1.165, 1.54) is 0 Å². The van der Waals surface area contributed by atoms with Crippen molar-refractivity contribution in [3.05, 3.63) is 30.2 Å². The van der Waals surface area contributed by atoms with E-state index in [4.69, 9.17) is 9.47 Å². The van der Waals surface area contributed by atoms with Crippen LogP contribution in [0.4, 0.5) is 0 Å². The number of hydrogen-bond donors (Lipinski definition) is 1. The molecule has 2 aromatic heterocycles. The third-order valence-corrected chi connectivity index (χ3v) is 5.18. The SMILES string of the molecule is CC(C)OC(=O)[C@H]1CCCC(COc2ccc(-c3cnn(C)c3CO)nc2)C1. The topological polar surface area (TPSA) is 86.5 Å². The van der Waals surface area contributed by atoms with Crippen LogP contribution in [0.2, 0.25) is 0 Å². The van der Waals surface area contributed by atoms with Crippen molar-refractivity contribution in [2.45, 2.75) is 52.2 Å². The lowest BCUT2D eigenvalue weighted by Crippen LogP contribution is -2.29. The smallest absolute Gasteiger partial charge is 0.309 e. The molecule has 3 rings (SSSR count). The Bertz CT molecular complexity index is 785. The van der Waals surface area contributed by atoms with Gasteiger partial charge in [0.25, 0.3) is 0 Å². The highest BCUT2D eigenvalue weighted by Crippen LogP contribution is 2.31. The van der Waals surface area contributed by atoms with Crippen LogP contribution >= 0.6 is 0 Å². The summed E-state index contributed by atoms with van der Waals surface area (Å²) in [5.74, 6) is 0.942. The zero-order chi connectivity index (χ0) is 20.1. The third kappa shape index (κ3) is 4.90. The molecule has 7 heteroatoms. The molecule has 0 radical (unpaired) electrons. The van der Waals surface area contributed by atoms with Gasteiger partial charge in [0.05, 0.1) is 49.0 Å². The molecule has 1 N–H and O–H groups in total. The lowest BCUT2D eigenvalue weighted by molar-refractivity contribution is -0.154. The monoisotopic (exact) mass is 387 g/mol. The minimum Gasteiger partial charge on any atom is -0.492 e. The summed E-state index contributed by atoms with van der Waals surface area (Å²) in [5, 5.41) is 13.7. The van der Waals surface area contributed by atoms with Gasteiger partial charge < -0.3 is 14.6 Å². The lowest BCUT2D eigenvalue weighted by Gasteiger charge is -2.28. The van der Waals surface area contributed by atoms with Crippen molar-refractivity contribution in [3.63, 3.8) is 0 Å². The summed E-state index contributed by atoms with van der Waals surface area (Å²) in [6.07, 6.45) is 7.12. The second-order valence-corrected chi connectivity index (χ2v) is 7.69. The molecule has 152 valence electrons. The number of aliphatic hydroxyl groups excluding tert-OH is 1. The highest BCUT2D eigenvalue weighted by molar-refractivity contribution is 5.72. The fourth-order valence-electron chi connectivity index (χ4n) is 3.69. The lowest BCUT2D eigenvalue weighted by atomic mass is 9.82. The molecule has 0 amide bonds. The summed E-state index contributed by atoms with van der Waals surface area (Å²) in [6, 6.07) is 3.75. The van der Waals surface area contributed by atoms with E-state index in [-0.39, 0.29) is 24.6 Å². The minimum atomic E-state index is -0.0894. The predicted molar refractivity (Wildman–Crippen MR) is 105 cm³/mol. The molecule has 1 saturated carbocycles. The molecule has 28 heavy (non-hydrogen) atoms. The van der Waals surface area contributed by atoms with Gasteiger partial charge in [0, 0.05) is 12.6 Å². The molecule has 0 aliphatic heterocycles. The maximum absolute atomic E-state index is 12.2. The molecule has 7 nitrogen and oxygen atoms in total. The summed E-state index contributed by atoms with van der Waals surface area (Å²) in [7, 11) is 1.79. The molecular formula is C21H29N3O4. The van der Waals surface area contributed by atoms with E-state index in [0.717, 1.165) is 42.6 Å². The van der Waals surface area contributed by atoms with Crippen LogP contribution in [0.15, 0.2) is 24.5 Å². The van der Waals surface area contributed by atoms with Crippen molar-refractivity contribution in [3.8, 4) is 17.0 Å². The molecule has 2 atom stereocenters. The normalized spacial score (nSPS) is 19.6. The quantitative estimate of drug-likeness (QED) is 0.735. The molecule has 0 saturated heterocycles. The predicted octanol–water partition coefficient (Wildman–Crippen LogP) is 3.11. The maximum Gasteiger partial charge on any atom is 0.309 e. The van der Waals surface area contributed by atoms with Crippen LogP contribution in [0.25, 0.3) is 11.3 Å². The highest BCUT2D eigenvalue weighted by atomic mass is 16.5. The van der Waals surface area contributed by atoms with E-state index in [2.05, 4.69) is 10.1 Å². The van der Waals surface area contributed by atoms with E-state index < -0.39 is 0 Å². The second kappa shape index (κ2) is 9.19. The van der Waals surface area contributed by atoms with Gasteiger partial charge in [-0.05, 0) is 51.2 Å².